The first-order valence-electron chi connectivity index (χ1n) is 8.60. The van der Waals surface area contributed by atoms with Gasteiger partial charge in [0.15, 0.2) is 11.5 Å². The average molecular weight is 367 g/mol. The number of benzene rings is 1. The zero-order valence-electron chi connectivity index (χ0n) is 14.9. The van der Waals surface area contributed by atoms with E-state index >= 15 is 0 Å². The minimum atomic E-state index is -0.962. The molecule has 1 fully saturated rings. The van der Waals surface area contributed by atoms with Crippen molar-refractivity contribution in [3.8, 4) is 11.5 Å². The number of hydrogen-bond donors (Lipinski definition) is 3. The van der Waals surface area contributed by atoms with E-state index in [-0.39, 0.29) is 24.0 Å². The Hall–Kier alpha value is -2.48. The number of carbonyl (C=O) groups excluding carboxylic acids is 2. The molecule has 8 heteroatoms. The van der Waals surface area contributed by atoms with Crippen LogP contribution >= 0.6 is 0 Å². The van der Waals surface area contributed by atoms with Gasteiger partial charge in [-0.2, -0.15) is 0 Å². The second-order valence-electron chi connectivity index (χ2n) is 6.52. The molecule has 1 aliphatic rings. The number of ether oxygens (including phenoxy) is 3. The summed E-state index contributed by atoms with van der Waals surface area (Å²) < 4.78 is 15.4. The van der Waals surface area contributed by atoms with Gasteiger partial charge in [0, 0.05) is 0 Å². The van der Waals surface area contributed by atoms with Crippen molar-refractivity contribution in [2.24, 2.45) is 5.73 Å². The molecule has 4 N–H and O–H groups in total. The van der Waals surface area contributed by atoms with Crippen molar-refractivity contribution in [1.29, 1.82) is 0 Å². The van der Waals surface area contributed by atoms with Crippen molar-refractivity contribution in [2.45, 2.75) is 63.9 Å². The summed E-state index contributed by atoms with van der Waals surface area (Å²) in [6.07, 6.45) is 0.617. The molecular weight excluding hydrogens is 342 g/mol. The van der Waals surface area contributed by atoms with Gasteiger partial charge in [-0.25, -0.2) is 4.79 Å². The number of rotatable bonds is 7. The molecule has 0 spiro atoms. The molecule has 1 saturated carbocycles. The lowest BCUT2D eigenvalue weighted by atomic mass is 9.96. The monoisotopic (exact) mass is 367 g/mol. The zero-order valence-corrected chi connectivity index (χ0v) is 14.9. The Labute approximate surface area is 151 Å². The van der Waals surface area contributed by atoms with E-state index < -0.39 is 30.4 Å². The third-order valence-corrected chi connectivity index (χ3v) is 4.36. The lowest BCUT2D eigenvalue weighted by molar-refractivity contribution is -0.156. The van der Waals surface area contributed by atoms with Gasteiger partial charge in [-0.3, -0.25) is 4.79 Å². The topological polar surface area (TPSA) is 128 Å². The molecule has 1 aliphatic carbocycles. The van der Waals surface area contributed by atoms with E-state index in [0.717, 1.165) is 19.3 Å². The summed E-state index contributed by atoms with van der Waals surface area (Å²) in [5.74, 6) is -1.20. The highest BCUT2D eigenvalue weighted by molar-refractivity contribution is 5.76. The molecule has 8 nitrogen and oxygen atoms in total. The predicted molar refractivity (Wildman–Crippen MR) is 91.7 cm³/mol. The van der Waals surface area contributed by atoms with E-state index in [1.165, 1.54) is 12.1 Å². The van der Waals surface area contributed by atoms with Crippen LogP contribution in [0.25, 0.3) is 0 Å². The Balaban J connectivity index is 1.78. The Kier molecular flexibility index (Phi) is 6.68. The molecule has 0 unspecified atom stereocenters. The van der Waals surface area contributed by atoms with Gasteiger partial charge in [-0.1, -0.05) is 6.07 Å². The van der Waals surface area contributed by atoms with E-state index in [1.54, 1.807) is 19.9 Å². The van der Waals surface area contributed by atoms with Gasteiger partial charge in [0.25, 0.3) is 0 Å². The molecule has 3 atom stereocenters. The highest BCUT2D eigenvalue weighted by Gasteiger charge is 2.27. The first-order valence-corrected chi connectivity index (χ1v) is 8.60. The van der Waals surface area contributed by atoms with Crippen LogP contribution in [0.1, 0.15) is 38.7 Å². The number of carbonyl (C=O) groups is 2. The van der Waals surface area contributed by atoms with Crippen LogP contribution in [-0.2, 0) is 25.4 Å². The Morgan fingerprint density at radius 1 is 1.15 bits per heavy atom. The minimum absolute atomic E-state index is 0.0808. The Bertz CT molecular complexity index is 644. The molecule has 1 aromatic rings. The minimum Gasteiger partial charge on any atom is -0.504 e. The second kappa shape index (κ2) is 8.75. The Morgan fingerprint density at radius 2 is 1.81 bits per heavy atom. The number of phenolic OH excluding ortho intramolecular Hbond substituents is 2. The van der Waals surface area contributed by atoms with E-state index in [2.05, 4.69) is 0 Å². The van der Waals surface area contributed by atoms with E-state index in [0.29, 0.717) is 5.56 Å². The van der Waals surface area contributed by atoms with Gasteiger partial charge in [0.2, 0.25) is 0 Å². The predicted octanol–water partition coefficient (Wildman–Crippen LogP) is 1.99. The number of hydrogen-bond acceptors (Lipinski definition) is 8. The van der Waals surface area contributed by atoms with Crippen LogP contribution in [0.4, 0.5) is 4.79 Å². The van der Waals surface area contributed by atoms with Crippen molar-refractivity contribution < 1.29 is 34.0 Å². The van der Waals surface area contributed by atoms with Crippen molar-refractivity contribution >= 4 is 12.1 Å². The second-order valence-corrected chi connectivity index (χ2v) is 6.52. The van der Waals surface area contributed by atoms with Crippen LogP contribution in [0, 0.1) is 0 Å². The summed E-state index contributed by atoms with van der Waals surface area (Å²) in [7, 11) is 0. The highest BCUT2D eigenvalue weighted by Crippen LogP contribution is 2.25. The molecule has 0 amide bonds. The van der Waals surface area contributed by atoms with Crippen LogP contribution in [-0.4, -0.2) is 46.7 Å². The van der Waals surface area contributed by atoms with E-state index in [9.17, 15) is 19.8 Å². The maximum absolute atomic E-state index is 12.1. The molecule has 0 aliphatic heterocycles. The first kappa shape index (κ1) is 19.8. The number of aromatic hydroxyl groups is 2. The summed E-state index contributed by atoms with van der Waals surface area (Å²) in [5, 5.41) is 18.8. The summed E-state index contributed by atoms with van der Waals surface area (Å²) in [6, 6.07) is 3.23. The molecule has 144 valence electrons. The van der Waals surface area contributed by atoms with Gasteiger partial charge < -0.3 is 30.2 Å². The van der Waals surface area contributed by atoms with Crippen molar-refractivity contribution in [3.05, 3.63) is 23.8 Å². The van der Waals surface area contributed by atoms with Gasteiger partial charge in [0.1, 0.15) is 24.4 Å². The molecule has 0 saturated heterocycles. The van der Waals surface area contributed by atoms with Crippen LogP contribution < -0.4 is 5.73 Å². The molecule has 0 heterocycles. The van der Waals surface area contributed by atoms with Gasteiger partial charge in [0.05, 0.1) is 0 Å². The fourth-order valence-electron chi connectivity index (χ4n) is 2.30. The molecule has 26 heavy (non-hydrogen) atoms. The summed E-state index contributed by atoms with van der Waals surface area (Å²) in [6.45, 7) is 3.20. The first-order chi connectivity index (χ1) is 12.3. The SMILES string of the molecule is C[C@H](OC(=O)OC1CCC1)[C@H](C)OC(=O)[C@@H](N)Cc1ccc(O)c(O)c1. The average Bonchev–Trinajstić information content (AvgIpc) is 2.54. The lowest BCUT2D eigenvalue weighted by Crippen LogP contribution is -2.40. The maximum atomic E-state index is 12.1. The third kappa shape index (κ3) is 5.52. The fourth-order valence-corrected chi connectivity index (χ4v) is 2.30. The molecule has 0 radical (unpaired) electrons. The molecule has 2 rings (SSSR count). The fraction of sp³-hybridized carbons (Fsp3) is 0.556. The zero-order chi connectivity index (χ0) is 19.3. The maximum Gasteiger partial charge on any atom is 0.508 e. The van der Waals surface area contributed by atoms with Crippen molar-refractivity contribution in [3.63, 3.8) is 0 Å². The van der Waals surface area contributed by atoms with Gasteiger partial charge in [-0.05, 0) is 57.2 Å². The number of nitrogens with two attached hydrogens (primary N) is 1. The van der Waals surface area contributed by atoms with E-state index in [4.69, 9.17) is 19.9 Å². The third-order valence-electron chi connectivity index (χ3n) is 4.36. The quantitative estimate of drug-likeness (QED) is 0.493. The van der Waals surface area contributed by atoms with Gasteiger partial charge >= 0.3 is 12.1 Å². The number of esters is 1. The van der Waals surface area contributed by atoms with Crippen LogP contribution in [0.2, 0.25) is 0 Å². The molecule has 0 aromatic heterocycles. The highest BCUT2D eigenvalue weighted by atomic mass is 16.7. The van der Waals surface area contributed by atoms with Crippen LogP contribution in [0.5, 0.6) is 11.5 Å². The molecule has 1 aromatic carbocycles. The number of phenols is 2. The Morgan fingerprint density at radius 3 is 2.38 bits per heavy atom. The molecular formula is C18H25NO7. The van der Waals surface area contributed by atoms with Crippen molar-refractivity contribution in [2.75, 3.05) is 0 Å². The lowest BCUT2D eigenvalue weighted by Gasteiger charge is -2.27. The summed E-state index contributed by atoms with van der Waals surface area (Å²) >= 11 is 0. The van der Waals surface area contributed by atoms with Crippen molar-refractivity contribution in [1.82, 2.24) is 0 Å². The van der Waals surface area contributed by atoms with E-state index in [1.807, 2.05) is 0 Å². The molecule has 0 bridgehead atoms. The largest absolute Gasteiger partial charge is 0.508 e. The standard InChI is InChI=1S/C18H25NO7/c1-10(11(2)25-18(23)26-13-4-3-5-13)24-17(22)14(19)8-12-6-7-15(20)16(21)9-12/h6-7,9-11,13-14,20-21H,3-5,8,19H2,1-2H3/t10-,11-,14-/m0/s1. The van der Waals surface area contributed by atoms with Gasteiger partial charge in [-0.15, -0.1) is 0 Å². The normalized spacial score (nSPS) is 17.5. The summed E-state index contributed by atoms with van der Waals surface area (Å²) in [5.41, 5.74) is 6.40. The summed E-state index contributed by atoms with van der Waals surface area (Å²) in [4.78, 5) is 23.7. The van der Waals surface area contributed by atoms with Crippen LogP contribution in [0.15, 0.2) is 18.2 Å². The smallest absolute Gasteiger partial charge is 0.504 e. The van der Waals surface area contributed by atoms with Crippen LogP contribution in [0.3, 0.4) is 0 Å².